The third-order valence-corrected chi connectivity index (χ3v) is 4.11. The molecule has 128 valence electrons. The molecule has 0 saturated carbocycles. The number of rotatable bonds is 3. The number of nitrogens with one attached hydrogen (secondary N) is 1. The van der Waals surface area contributed by atoms with Crippen molar-refractivity contribution in [2.24, 2.45) is 4.99 Å². The van der Waals surface area contributed by atoms with Crippen LogP contribution in [0, 0.1) is 0 Å². The SMILES string of the molecule is CCc1cccc(NC(=NC)N(C)c2cccc3ccc(=O)oc23)c1. The number of anilines is 2. The molecule has 1 heterocycles. The fourth-order valence-electron chi connectivity index (χ4n) is 2.74. The van der Waals surface area contributed by atoms with Crippen molar-refractivity contribution in [1.82, 2.24) is 0 Å². The van der Waals surface area contributed by atoms with Gasteiger partial charge in [-0.1, -0.05) is 31.2 Å². The van der Waals surface area contributed by atoms with Crippen molar-refractivity contribution in [3.63, 3.8) is 0 Å². The van der Waals surface area contributed by atoms with E-state index in [1.807, 2.05) is 42.3 Å². The van der Waals surface area contributed by atoms with Crippen LogP contribution in [0.1, 0.15) is 12.5 Å². The Labute approximate surface area is 146 Å². The van der Waals surface area contributed by atoms with Gasteiger partial charge in [-0.25, -0.2) is 4.79 Å². The van der Waals surface area contributed by atoms with Crippen molar-refractivity contribution < 1.29 is 4.42 Å². The van der Waals surface area contributed by atoms with Crippen LogP contribution >= 0.6 is 0 Å². The number of hydrogen-bond acceptors (Lipinski definition) is 3. The minimum absolute atomic E-state index is 0.369. The first kappa shape index (κ1) is 16.8. The Morgan fingerprint density at radius 2 is 1.96 bits per heavy atom. The molecule has 3 rings (SSSR count). The number of benzene rings is 2. The minimum atomic E-state index is -0.369. The second kappa shape index (κ2) is 7.21. The van der Waals surface area contributed by atoms with E-state index in [1.165, 1.54) is 11.6 Å². The first-order valence-corrected chi connectivity index (χ1v) is 8.21. The molecule has 1 aromatic heterocycles. The normalized spacial score (nSPS) is 11.6. The highest BCUT2D eigenvalue weighted by Gasteiger charge is 2.14. The Bertz CT molecular complexity index is 976. The van der Waals surface area contributed by atoms with Gasteiger partial charge in [-0.2, -0.15) is 0 Å². The van der Waals surface area contributed by atoms with Crippen molar-refractivity contribution in [2.75, 3.05) is 24.3 Å². The lowest BCUT2D eigenvalue weighted by atomic mass is 10.1. The van der Waals surface area contributed by atoms with E-state index in [0.29, 0.717) is 11.5 Å². The summed E-state index contributed by atoms with van der Waals surface area (Å²) < 4.78 is 5.42. The molecule has 0 bridgehead atoms. The zero-order valence-corrected chi connectivity index (χ0v) is 14.6. The number of nitrogens with zero attached hydrogens (tertiary/aromatic N) is 2. The predicted octanol–water partition coefficient (Wildman–Crippen LogP) is 3.89. The van der Waals surface area contributed by atoms with Crippen LogP contribution in [-0.2, 0) is 6.42 Å². The molecule has 5 heteroatoms. The van der Waals surface area contributed by atoms with Crippen LogP contribution in [0.5, 0.6) is 0 Å². The molecule has 0 unspecified atom stereocenters. The molecular formula is C20H21N3O2. The molecule has 0 atom stereocenters. The second-order valence-corrected chi connectivity index (χ2v) is 5.74. The van der Waals surface area contributed by atoms with Gasteiger partial charge in [0.1, 0.15) is 0 Å². The molecule has 0 aliphatic rings. The average Bonchev–Trinajstić information content (AvgIpc) is 2.65. The third-order valence-electron chi connectivity index (χ3n) is 4.11. The molecule has 0 amide bonds. The Morgan fingerprint density at radius 3 is 2.72 bits per heavy atom. The van der Waals surface area contributed by atoms with Gasteiger partial charge >= 0.3 is 5.63 Å². The summed E-state index contributed by atoms with van der Waals surface area (Å²) in [6.45, 7) is 2.12. The van der Waals surface area contributed by atoms with Gasteiger partial charge in [0.2, 0.25) is 5.96 Å². The summed E-state index contributed by atoms with van der Waals surface area (Å²) in [4.78, 5) is 17.9. The minimum Gasteiger partial charge on any atom is -0.420 e. The van der Waals surface area contributed by atoms with Gasteiger partial charge in [-0.3, -0.25) is 4.99 Å². The Balaban J connectivity index is 1.96. The van der Waals surface area contributed by atoms with Gasteiger partial charge in [-0.05, 0) is 36.2 Å². The first-order chi connectivity index (χ1) is 12.1. The molecule has 3 aromatic rings. The maximum absolute atomic E-state index is 11.6. The molecular weight excluding hydrogens is 314 g/mol. The van der Waals surface area contributed by atoms with Crippen molar-refractivity contribution in [2.45, 2.75) is 13.3 Å². The Hall–Kier alpha value is -3.08. The summed E-state index contributed by atoms with van der Waals surface area (Å²) in [6, 6.07) is 17.1. The van der Waals surface area contributed by atoms with Crippen LogP contribution in [-0.4, -0.2) is 20.1 Å². The van der Waals surface area contributed by atoms with Crippen LogP contribution < -0.4 is 15.8 Å². The lowest BCUT2D eigenvalue weighted by Gasteiger charge is -2.23. The summed E-state index contributed by atoms with van der Waals surface area (Å²) in [6.07, 6.45) is 0.971. The summed E-state index contributed by atoms with van der Waals surface area (Å²) in [5, 5.41) is 4.21. The van der Waals surface area contributed by atoms with E-state index in [4.69, 9.17) is 4.42 Å². The molecule has 0 spiro atoms. The van der Waals surface area contributed by atoms with E-state index in [0.717, 1.165) is 23.2 Å². The highest BCUT2D eigenvalue weighted by Crippen LogP contribution is 2.25. The zero-order chi connectivity index (χ0) is 17.8. The van der Waals surface area contributed by atoms with E-state index in [-0.39, 0.29) is 5.63 Å². The summed E-state index contributed by atoms with van der Waals surface area (Å²) >= 11 is 0. The standard InChI is InChI=1S/C20H21N3O2/c1-4-14-7-5-9-16(13-14)22-20(21-2)23(3)17-10-6-8-15-11-12-18(24)25-19(15)17/h5-13H,4H2,1-3H3,(H,21,22). The average molecular weight is 335 g/mol. The fraction of sp³-hybridized carbons (Fsp3) is 0.200. The quantitative estimate of drug-likeness (QED) is 0.448. The van der Waals surface area contributed by atoms with E-state index < -0.39 is 0 Å². The Kier molecular flexibility index (Phi) is 4.84. The number of hydrogen-bond donors (Lipinski definition) is 1. The van der Waals surface area contributed by atoms with E-state index >= 15 is 0 Å². The summed E-state index contributed by atoms with van der Waals surface area (Å²) in [7, 11) is 3.62. The Morgan fingerprint density at radius 1 is 1.16 bits per heavy atom. The smallest absolute Gasteiger partial charge is 0.336 e. The lowest BCUT2D eigenvalue weighted by molar-refractivity contribution is 0.561. The molecule has 0 fully saturated rings. The van der Waals surface area contributed by atoms with Gasteiger partial charge < -0.3 is 14.6 Å². The third kappa shape index (κ3) is 3.55. The molecule has 0 aliphatic carbocycles. The molecule has 0 aliphatic heterocycles. The second-order valence-electron chi connectivity index (χ2n) is 5.74. The van der Waals surface area contributed by atoms with Crippen molar-refractivity contribution in [3.8, 4) is 0 Å². The van der Waals surface area contributed by atoms with E-state index in [9.17, 15) is 4.79 Å². The van der Waals surface area contributed by atoms with Crippen LogP contribution in [0.3, 0.4) is 0 Å². The highest BCUT2D eigenvalue weighted by atomic mass is 16.4. The van der Waals surface area contributed by atoms with Gasteiger partial charge in [-0.15, -0.1) is 0 Å². The molecule has 5 nitrogen and oxygen atoms in total. The summed E-state index contributed by atoms with van der Waals surface area (Å²) in [5.74, 6) is 0.659. The molecule has 2 aromatic carbocycles. The molecule has 1 N–H and O–H groups in total. The number of guanidine groups is 1. The zero-order valence-electron chi connectivity index (χ0n) is 14.6. The maximum atomic E-state index is 11.6. The van der Waals surface area contributed by atoms with Crippen LogP contribution in [0.4, 0.5) is 11.4 Å². The molecule has 0 radical (unpaired) electrons. The number of para-hydroxylation sites is 1. The topological polar surface area (TPSA) is 57.8 Å². The van der Waals surface area contributed by atoms with Gasteiger partial charge in [0.15, 0.2) is 5.58 Å². The van der Waals surface area contributed by atoms with E-state index in [1.54, 1.807) is 13.1 Å². The molecule has 0 saturated heterocycles. The fourth-order valence-corrected chi connectivity index (χ4v) is 2.74. The number of aliphatic imine (C=N–C) groups is 1. The van der Waals surface area contributed by atoms with Gasteiger partial charge in [0, 0.05) is 31.2 Å². The highest BCUT2D eigenvalue weighted by molar-refractivity contribution is 6.08. The van der Waals surface area contributed by atoms with Crippen molar-refractivity contribution in [1.29, 1.82) is 0 Å². The van der Waals surface area contributed by atoms with Crippen LogP contribution in [0.15, 0.2) is 68.8 Å². The molecule has 25 heavy (non-hydrogen) atoms. The number of fused-ring (bicyclic) bond motifs is 1. The van der Waals surface area contributed by atoms with Gasteiger partial charge in [0.25, 0.3) is 0 Å². The largest absolute Gasteiger partial charge is 0.420 e. The van der Waals surface area contributed by atoms with Crippen LogP contribution in [0.25, 0.3) is 11.0 Å². The first-order valence-electron chi connectivity index (χ1n) is 8.21. The van der Waals surface area contributed by atoms with Crippen molar-refractivity contribution in [3.05, 3.63) is 70.6 Å². The maximum Gasteiger partial charge on any atom is 0.336 e. The monoisotopic (exact) mass is 335 g/mol. The van der Waals surface area contributed by atoms with Crippen LogP contribution in [0.2, 0.25) is 0 Å². The summed E-state index contributed by atoms with van der Waals surface area (Å²) in [5.41, 5.74) is 3.16. The van der Waals surface area contributed by atoms with Gasteiger partial charge in [0.05, 0.1) is 5.69 Å². The number of aryl methyl sites for hydroxylation is 1. The predicted molar refractivity (Wildman–Crippen MR) is 104 cm³/mol. The lowest BCUT2D eigenvalue weighted by Crippen LogP contribution is -2.33. The van der Waals surface area contributed by atoms with E-state index in [2.05, 4.69) is 29.4 Å². The van der Waals surface area contributed by atoms with Crippen molar-refractivity contribution >= 4 is 28.3 Å².